The highest BCUT2D eigenvalue weighted by molar-refractivity contribution is 7.89. The van der Waals surface area contributed by atoms with Gasteiger partial charge >= 0.3 is 6.18 Å². The zero-order valence-electron chi connectivity index (χ0n) is 22.8. The Bertz CT molecular complexity index is 1490. The van der Waals surface area contributed by atoms with Crippen LogP contribution in [-0.2, 0) is 16.2 Å². The SMILES string of the molecule is Cc1cccc(-c2ccc(C3[C@@H](CO)N4CCCCN(S(=O)(=O)c5ccc(C(F)(F)F)nc5C)C[C@@H]34)cc2)c1C. The number of fused-ring (bicyclic) bond motifs is 1. The van der Waals surface area contributed by atoms with Gasteiger partial charge in [-0.2, -0.15) is 17.5 Å². The van der Waals surface area contributed by atoms with Crippen molar-refractivity contribution >= 4 is 10.0 Å². The highest BCUT2D eigenvalue weighted by Crippen LogP contribution is 2.43. The van der Waals surface area contributed by atoms with Gasteiger partial charge in [0.25, 0.3) is 0 Å². The summed E-state index contributed by atoms with van der Waals surface area (Å²) in [6, 6.07) is 15.9. The van der Waals surface area contributed by atoms with Gasteiger partial charge in [0, 0.05) is 31.1 Å². The summed E-state index contributed by atoms with van der Waals surface area (Å²) in [6.45, 7) is 6.64. The number of aryl methyl sites for hydroxylation is 2. The monoisotopic (exact) mass is 573 g/mol. The molecule has 1 aromatic heterocycles. The maximum absolute atomic E-state index is 13.7. The summed E-state index contributed by atoms with van der Waals surface area (Å²) in [5.41, 5.74) is 4.42. The first-order chi connectivity index (χ1) is 18.9. The number of sulfonamides is 1. The first kappa shape index (κ1) is 28.7. The molecule has 6 nitrogen and oxygen atoms in total. The van der Waals surface area contributed by atoms with E-state index in [0.717, 1.165) is 41.8 Å². The van der Waals surface area contributed by atoms with Gasteiger partial charge < -0.3 is 5.11 Å². The highest BCUT2D eigenvalue weighted by atomic mass is 32.2. The molecule has 0 radical (unpaired) electrons. The van der Waals surface area contributed by atoms with Crippen LogP contribution >= 0.6 is 0 Å². The molecule has 0 spiro atoms. The molecule has 214 valence electrons. The van der Waals surface area contributed by atoms with E-state index in [4.69, 9.17) is 0 Å². The van der Waals surface area contributed by atoms with Crippen molar-refractivity contribution in [2.75, 3.05) is 26.2 Å². The fourth-order valence-corrected chi connectivity index (χ4v) is 7.85. The summed E-state index contributed by atoms with van der Waals surface area (Å²) in [5, 5.41) is 10.3. The number of rotatable bonds is 5. The molecule has 3 atom stereocenters. The Hall–Kier alpha value is -2.79. The first-order valence-electron chi connectivity index (χ1n) is 13.5. The summed E-state index contributed by atoms with van der Waals surface area (Å²) >= 11 is 0. The van der Waals surface area contributed by atoms with Crippen LogP contribution < -0.4 is 0 Å². The highest BCUT2D eigenvalue weighted by Gasteiger charge is 2.50. The molecule has 2 fully saturated rings. The Kier molecular flexibility index (Phi) is 7.82. The van der Waals surface area contributed by atoms with E-state index < -0.39 is 21.9 Å². The second kappa shape index (κ2) is 10.9. The Morgan fingerprint density at radius 1 is 0.975 bits per heavy atom. The van der Waals surface area contributed by atoms with Gasteiger partial charge in [-0.3, -0.25) is 4.90 Å². The minimum Gasteiger partial charge on any atom is -0.395 e. The molecule has 40 heavy (non-hydrogen) atoms. The number of alkyl halides is 3. The zero-order valence-corrected chi connectivity index (χ0v) is 23.6. The molecule has 0 saturated carbocycles. The van der Waals surface area contributed by atoms with E-state index in [0.29, 0.717) is 6.42 Å². The maximum atomic E-state index is 13.7. The van der Waals surface area contributed by atoms with Crippen LogP contribution in [0.25, 0.3) is 11.1 Å². The molecule has 0 aliphatic carbocycles. The molecule has 5 rings (SSSR count). The smallest absolute Gasteiger partial charge is 0.395 e. The predicted molar refractivity (Wildman–Crippen MR) is 147 cm³/mol. The van der Waals surface area contributed by atoms with Crippen molar-refractivity contribution < 1.29 is 26.7 Å². The normalized spacial score (nSPS) is 22.7. The third-order valence-corrected chi connectivity index (χ3v) is 10.5. The molecule has 0 amide bonds. The maximum Gasteiger partial charge on any atom is 0.433 e. The summed E-state index contributed by atoms with van der Waals surface area (Å²) in [5.74, 6) is -0.0831. The van der Waals surface area contributed by atoms with Gasteiger partial charge in [0.1, 0.15) is 10.6 Å². The van der Waals surface area contributed by atoms with Crippen LogP contribution in [0.2, 0.25) is 0 Å². The molecular weight excluding hydrogens is 539 g/mol. The number of hydrogen-bond donors (Lipinski definition) is 1. The lowest BCUT2D eigenvalue weighted by Crippen LogP contribution is -2.67. The van der Waals surface area contributed by atoms with Crippen LogP contribution in [-0.4, -0.2) is 66.0 Å². The summed E-state index contributed by atoms with van der Waals surface area (Å²) in [7, 11) is -4.08. The van der Waals surface area contributed by atoms with Crippen LogP contribution in [0, 0.1) is 20.8 Å². The molecule has 1 unspecified atom stereocenters. The molecule has 2 saturated heterocycles. The van der Waals surface area contributed by atoms with Crippen LogP contribution in [0.5, 0.6) is 0 Å². The van der Waals surface area contributed by atoms with Gasteiger partial charge in [-0.05, 0) is 80.1 Å². The molecule has 2 aliphatic heterocycles. The van der Waals surface area contributed by atoms with Gasteiger partial charge in [-0.1, -0.05) is 42.5 Å². The third-order valence-electron chi connectivity index (χ3n) is 8.49. The average molecular weight is 574 g/mol. The van der Waals surface area contributed by atoms with Gasteiger partial charge in [-0.25, -0.2) is 13.4 Å². The number of hydrogen-bond acceptors (Lipinski definition) is 5. The van der Waals surface area contributed by atoms with E-state index in [1.54, 1.807) is 0 Å². The van der Waals surface area contributed by atoms with E-state index in [9.17, 15) is 26.7 Å². The Morgan fingerprint density at radius 2 is 1.68 bits per heavy atom. The largest absolute Gasteiger partial charge is 0.433 e. The third kappa shape index (κ3) is 5.18. The van der Waals surface area contributed by atoms with E-state index in [-0.39, 0.29) is 48.3 Å². The second-order valence-electron chi connectivity index (χ2n) is 10.8. The van der Waals surface area contributed by atoms with Crippen molar-refractivity contribution in [3.8, 4) is 11.1 Å². The fourth-order valence-electron chi connectivity index (χ4n) is 6.19. The van der Waals surface area contributed by atoms with Gasteiger partial charge in [0.2, 0.25) is 10.0 Å². The molecule has 2 aliphatic rings. The van der Waals surface area contributed by atoms with E-state index >= 15 is 0 Å². The van der Waals surface area contributed by atoms with Crippen molar-refractivity contribution in [2.24, 2.45) is 0 Å². The van der Waals surface area contributed by atoms with Crippen molar-refractivity contribution in [1.82, 2.24) is 14.2 Å². The summed E-state index contributed by atoms with van der Waals surface area (Å²) in [4.78, 5) is 5.51. The molecule has 2 aromatic carbocycles. The second-order valence-corrected chi connectivity index (χ2v) is 12.7. The van der Waals surface area contributed by atoms with Crippen molar-refractivity contribution in [3.63, 3.8) is 0 Å². The molecule has 0 bridgehead atoms. The Morgan fingerprint density at radius 3 is 2.33 bits per heavy atom. The number of benzene rings is 2. The summed E-state index contributed by atoms with van der Waals surface area (Å²) in [6.07, 6.45) is -3.29. The van der Waals surface area contributed by atoms with E-state index in [1.807, 2.05) is 6.07 Å². The number of aromatic nitrogens is 1. The lowest BCUT2D eigenvalue weighted by Gasteiger charge is -2.57. The molecule has 3 aromatic rings. The minimum atomic E-state index is -4.65. The lowest BCUT2D eigenvalue weighted by atomic mass is 9.74. The Balaban J connectivity index is 1.44. The van der Waals surface area contributed by atoms with Crippen LogP contribution in [0.3, 0.4) is 0 Å². The number of aliphatic hydroxyl groups is 1. The first-order valence-corrected chi connectivity index (χ1v) is 15.0. The number of aliphatic hydroxyl groups excluding tert-OH is 1. The van der Waals surface area contributed by atoms with Crippen LogP contribution in [0.4, 0.5) is 13.2 Å². The minimum absolute atomic E-state index is 0.0470. The number of halogens is 3. The molecule has 10 heteroatoms. The fraction of sp³-hybridized carbons (Fsp3) is 0.433. The van der Waals surface area contributed by atoms with Crippen LogP contribution in [0.1, 0.15) is 46.8 Å². The predicted octanol–water partition coefficient (Wildman–Crippen LogP) is 5.31. The van der Waals surface area contributed by atoms with Gasteiger partial charge in [0.15, 0.2) is 0 Å². The standard InChI is InChI=1S/C30H34F3N3O3S/c1-19-7-6-8-24(20(19)2)22-9-11-23(12-10-22)29-25-17-35(15-4-5-16-36(25)26(29)18-37)40(38,39)27-13-14-28(30(31,32)33)34-21(27)3/h6-14,25-26,29,37H,4-5,15-18H2,1-3H3/t25-,26+,29?/m0/s1. The quantitative estimate of drug-likeness (QED) is 0.448. The Labute approximate surface area is 233 Å². The van der Waals surface area contributed by atoms with E-state index in [1.165, 1.54) is 22.4 Å². The van der Waals surface area contributed by atoms with Gasteiger partial charge in [-0.15, -0.1) is 0 Å². The zero-order chi connectivity index (χ0) is 28.8. The number of pyridine rings is 1. The van der Waals surface area contributed by atoms with E-state index in [2.05, 4.69) is 60.1 Å². The molecular formula is C30H34F3N3O3S. The van der Waals surface area contributed by atoms with Crippen LogP contribution in [0.15, 0.2) is 59.5 Å². The van der Waals surface area contributed by atoms with Crippen molar-refractivity contribution in [2.45, 2.75) is 62.7 Å². The van der Waals surface area contributed by atoms with Crippen molar-refractivity contribution in [1.29, 1.82) is 0 Å². The van der Waals surface area contributed by atoms with Gasteiger partial charge in [0.05, 0.1) is 12.3 Å². The topological polar surface area (TPSA) is 73.7 Å². The molecule has 1 N–H and O–H groups in total. The summed E-state index contributed by atoms with van der Waals surface area (Å²) < 4.78 is 68.2. The molecule has 3 heterocycles. The van der Waals surface area contributed by atoms with Crippen molar-refractivity contribution in [3.05, 3.63) is 82.7 Å². The average Bonchev–Trinajstić information content (AvgIpc) is 2.89. The number of nitrogens with zero attached hydrogens (tertiary/aromatic N) is 3. The lowest BCUT2D eigenvalue weighted by molar-refractivity contribution is -0.141.